The minimum atomic E-state index is -0.762. The van der Waals surface area contributed by atoms with Gasteiger partial charge in [-0.3, -0.25) is 14.7 Å². The fraction of sp³-hybridized carbons (Fsp3) is 0.438. The van der Waals surface area contributed by atoms with Crippen molar-refractivity contribution in [2.24, 2.45) is 5.92 Å². The fourth-order valence-corrected chi connectivity index (χ4v) is 2.52. The number of carbonyl (C=O) groups is 1. The minimum absolute atomic E-state index is 0.109. The molecule has 0 aliphatic carbocycles. The summed E-state index contributed by atoms with van der Waals surface area (Å²) >= 11 is 0. The van der Waals surface area contributed by atoms with Crippen LogP contribution in [0.15, 0.2) is 18.6 Å². The van der Waals surface area contributed by atoms with E-state index >= 15 is 0 Å². The zero-order valence-corrected chi connectivity index (χ0v) is 13.6. The van der Waals surface area contributed by atoms with E-state index in [2.05, 4.69) is 15.0 Å². The van der Waals surface area contributed by atoms with E-state index in [1.165, 1.54) is 0 Å². The molecule has 3 rings (SSSR count). The topological polar surface area (TPSA) is 102 Å². The number of pyridine rings is 1. The molecule has 2 aromatic heterocycles. The third kappa shape index (κ3) is 3.50. The van der Waals surface area contributed by atoms with Gasteiger partial charge in [0, 0.05) is 38.2 Å². The number of nitrogens with zero attached hydrogens (tertiary/aromatic N) is 3. The zero-order chi connectivity index (χ0) is 17.0. The van der Waals surface area contributed by atoms with Crippen molar-refractivity contribution in [3.8, 4) is 17.1 Å². The number of hydrogen-bond donors (Lipinski definition) is 3. The minimum Gasteiger partial charge on any atom is -0.505 e. The maximum absolute atomic E-state index is 10.8. The fourth-order valence-electron chi connectivity index (χ4n) is 2.52. The highest BCUT2D eigenvalue weighted by atomic mass is 16.4. The van der Waals surface area contributed by atoms with Crippen LogP contribution in [-0.4, -0.2) is 49.1 Å². The van der Waals surface area contributed by atoms with Crippen molar-refractivity contribution in [3.05, 3.63) is 29.8 Å². The maximum atomic E-state index is 10.8. The number of aromatic nitrogens is 3. The zero-order valence-electron chi connectivity index (χ0n) is 13.6. The average Bonchev–Trinajstić information content (AvgIpc) is 3.01. The van der Waals surface area contributed by atoms with E-state index in [4.69, 9.17) is 5.11 Å². The molecule has 0 spiro atoms. The smallest absolute Gasteiger partial charge is 0.309 e. The Kier molecular flexibility index (Phi) is 5.33. The Morgan fingerprint density at radius 2 is 2.09 bits per heavy atom. The Morgan fingerprint density at radius 3 is 2.65 bits per heavy atom. The first kappa shape index (κ1) is 17.0. The molecule has 0 atom stereocenters. The highest BCUT2D eigenvalue weighted by Gasteiger charge is 2.33. The van der Waals surface area contributed by atoms with Crippen LogP contribution in [0, 0.1) is 12.8 Å². The maximum Gasteiger partial charge on any atom is 0.309 e. The van der Waals surface area contributed by atoms with Crippen molar-refractivity contribution in [2.75, 3.05) is 13.1 Å². The summed E-state index contributed by atoms with van der Waals surface area (Å²) in [5, 5.41) is 19.2. The Hall–Kier alpha value is -2.41. The van der Waals surface area contributed by atoms with E-state index in [0.717, 1.165) is 5.56 Å². The lowest BCUT2D eigenvalue weighted by Crippen LogP contribution is -2.49. The molecule has 7 nitrogen and oxygen atoms in total. The molecule has 0 unspecified atom stereocenters. The SMILES string of the molecule is CC.Cc1ncc(CN2CC(C(=O)O)C2)c(-c2ncc[nH]2)c1O. The predicted molar refractivity (Wildman–Crippen MR) is 86.0 cm³/mol. The number of aromatic amines is 1. The standard InChI is InChI=1S/C14H16N4O3.C2H6/c1-8-12(19)11(13-15-2-3-16-13)9(4-17-8)5-18-6-10(7-18)14(20)21;1-2/h2-4,10,19H,5-7H2,1H3,(H,15,16)(H,20,21);1-2H3. The highest BCUT2D eigenvalue weighted by Crippen LogP contribution is 2.33. The van der Waals surface area contributed by atoms with Crippen molar-refractivity contribution in [1.29, 1.82) is 0 Å². The monoisotopic (exact) mass is 318 g/mol. The van der Waals surface area contributed by atoms with Crippen LogP contribution in [-0.2, 0) is 11.3 Å². The van der Waals surface area contributed by atoms with Crippen molar-refractivity contribution in [1.82, 2.24) is 19.9 Å². The van der Waals surface area contributed by atoms with E-state index in [-0.39, 0.29) is 11.7 Å². The van der Waals surface area contributed by atoms with Gasteiger partial charge in [0.05, 0.1) is 17.2 Å². The summed E-state index contributed by atoms with van der Waals surface area (Å²) in [6.45, 7) is 7.30. The van der Waals surface area contributed by atoms with E-state index in [1.54, 1.807) is 25.5 Å². The summed E-state index contributed by atoms with van der Waals surface area (Å²) in [4.78, 5) is 24.2. The molecule has 1 saturated heterocycles. The second-order valence-electron chi connectivity index (χ2n) is 5.26. The van der Waals surface area contributed by atoms with E-state index in [1.807, 2.05) is 18.7 Å². The second kappa shape index (κ2) is 7.23. The molecule has 2 aromatic rings. The van der Waals surface area contributed by atoms with Gasteiger partial charge in [0.1, 0.15) is 11.6 Å². The van der Waals surface area contributed by atoms with Crippen molar-refractivity contribution < 1.29 is 15.0 Å². The number of aromatic hydroxyl groups is 1. The van der Waals surface area contributed by atoms with Crippen LogP contribution in [0.5, 0.6) is 5.75 Å². The second-order valence-corrected chi connectivity index (χ2v) is 5.26. The van der Waals surface area contributed by atoms with Gasteiger partial charge in [-0.1, -0.05) is 13.8 Å². The van der Waals surface area contributed by atoms with Crippen LogP contribution in [0.4, 0.5) is 0 Å². The third-order valence-corrected chi connectivity index (χ3v) is 3.75. The molecule has 23 heavy (non-hydrogen) atoms. The number of aryl methyl sites for hydroxylation is 1. The molecular formula is C16H22N4O3. The van der Waals surface area contributed by atoms with E-state index < -0.39 is 5.97 Å². The van der Waals surface area contributed by atoms with Gasteiger partial charge in [-0.2, -0.15) is 0 Å². The lowest BCUT2D eigenvalue weighted by atomic mass is 9.98. The van der Waals surface area contributed by atoms with E-state index in [9.17, 15) is 9.90 Å². The first-order valence-corrected chi connectivity index (χ1v) is 7.68. The van der Waals surface area contributed by atoms with Crippen LogP contribution < -0.4 is 0 Å². The number of H-pyrrole nitrogens is 1. The molecule has 0 saturated carbocycles. The molecule has 3 heterocycles. The molecule has 1 fully saturated rings. The third-order valence-electron chi connectivity index (χ3n) is 3.75. The summed E-state index contributed by atoms with van der Waals surface area (Å²) in [5.41, 5.74) is 2.00. The number of rotatable bonds is 4. The number of hydrogen-bond acceptors (Lipinski definition) is 5. The van der Waals surface area contributed by atoms with Gasteiger partial charge in [0.2, 0.25) is 0 Å². The number of carboxylic acids is 1. The van der Waals surface area contributed by atoms with Crippen LogP contribution in [0.3, 0.4) is 0 Å². The first-order valence-electron chi connectivity index (χ1n) is 7.68. The predicted octanol–water partition coefficient (Wildman–Crippen LogP) is 2.03. The normalized spacial score (nSPS) is 14.7. The van der Waals surface area contributed by atoms with Gasteiger partial charge in [0.25, 0.3) is 0 Å². The molecule has 0 aromatic carbocycles. The summed E-state index contributed by atoms with van der Waals surface area (Å²) in [6, 6.07) is 0. The summed E-state index contributed by atoms with van der Waals surface area (Å²) in [5.74, 6) is -0.368. The quantitative estimate of drug-likeness (QED) is 0.797. The molecule has 1 aliphatic rings. The molecule has 1 aliphatic heterocycles. The number of imidazole rings is 1. The highest BCUT2D eigenvalue weighted by molar-refractivity contribution is 5.72. The van der Waals surface area contributed by atoms with Gasteiger partial charge < -0.3 is 15.2 Å². The summed E-state index contributed by atoms with van der Waals surface area (Å²) in [7, 11) is 0. The number of aliphatic carboxylic acids is 1. The van der Waals surface area contributed by atoms with Gasteiger partial charge >= 0.3 is 5.97 Å². The van der Waals surface area contributed by atoms with Gasteiger partial charge in [-0.05, 0) is 12.5 Å². The van der Waals surface area contributed by atoms with Crippen molar-refractivity contribution in [3.63, 3.8) is 0 Å². The van der Waals surface area contributed by atoms with Gasteiger partial charge in [0.15, 0.2) is 0 Å². The Morgan fingerprint density at radius 1 is 1.39 bits per heavy atom. The Labute approximate surface area is 135 Å². The molecule has 7 heteroatoms. The largest absolute Gasteiger partial charge is 0.505 e. The number of likely N-dealkylation sites (tertiary alicyclic amines) is 1. The Bertz CT molecular complexity index is 664. The molecular weight excluding hydrogens is 296 g/mol. The van der Waals surface area contributed by atoms with Gasteiger partial charge in [-0.25, -0.2) is 4.98 Å². The van der Waals surface area contributed by atoms with Crippen molar-refractivity contribution >= 4 is 5.97 Å². The van der Waals surface area contributed by atoms with E-state index in [0.29, 0.717) is 36.7 Å². The lowest BCUT2D eigenvalue weighted by molar-refractivity contribution is -0.147. The summed E-state index contributed by atoms with van der Waals surface area (Å²) in [6.07, 6.45) is 5.03. The molecule has 124 valence electrons. The number of nitrogens with one attached hydrogen (secondary N) is 1. The number of carboxylic acid groups (broad SMARTS) is 1. The van der Waals surface area contributed by atoms with Crippen LogP contribution in [0.2, 0.25) is 0 Å². The molecule has 0 bridgehead atoms. The molecule has 3 N–H and O–H groups in total. The first-order chi connectivity index (χ1) is 11.1. The average molecular weight is 318 g/mol. The summed E-state index contributed by atoms with van der Waals surface area (Å²) < 4.78 is 0. The molecule has 0 radical (unpaired) electrons. The van der Waals surface area contributed by atoms with Crippen LogP contribution in [0.1, 0.15) is 25.1 Å². The van der Waals surface area contributed by atoms with Crippen LogP contribution >= 0.6 is 0 Å². The lowest BCUT2D eigenvalue weighted by Gasteiger charge is -2.36. The van der Waals surface area contributed by atoms with Gasteiger partial charge in [-0.15, -0.1) is 0 Å². The Balaban J connectivity index is 0.000000924. The van der Waals surface area contributed by atoms with Crippen molar-refractivity contribution in [2.45, 2.75) is 27.3 Å². The molecule has 0 amide bonds. The van der Waals surface area contributed by atoms with Crippen LogP contribution in [0.25, 0.3) is 11.4 Å².